The standard InChI is InChI=1S/C15H13FN4O3S/c1-17-13(21)6-12-19-14(23-20-12)8-24-15-18-7-11(22-15)9-2-4-10(16)5-3-9/h2-5,7H,6,8H2,1H3,(H,17,21). The molecule has 124 valence electrons. The van der Waals surface area contributed by atoms with E-state index in [0.29, 0.717) is 28.5 Å². The van der Waals surface area contributed by atoms with Crippen LogP contribution in [0, 0.1) is 5.82 Å². The molecule has 2 aromatic heterocycles. The number of nitrogens with one attached hydrogen (secondary N) is 1. The van der Waals surface area contributed by atoms with Crippen molar-refractivity contribution in [2.75, 3.05) is 7.05 Å². The van der Waals surface area contributed by atoms with Crippen LogP contribution in [0.1, 0.15) is 11.7 Å². The summed E-state index contributed by atoms with van der Waals surface area (Å²) in [4.78, 5) is 19.5. The van der Waals surface area contributed by atoms with Gasteiger partial charge in [-0.15, -0.1) is 0 Å². The van der Waals surface area contributed by atoms with Crippen molar-refractivity contribution in [2.24, 2.45) is 0 Å². The molecular weight excluding hydrogens is 335 g/mol. The largest absolute Gasteiger partial charge is 0.431 e. The molecule has 1 aromatic carbocycles. The third kappa shape index (κ3) is 3.99. The highest BCUT2D eigenvalue weighted by molar-refractivity contribution is 7.98. The molecule has 9 heteroatoms. The summed E-state index contributed by atoms with van der Waals surface area (Å²) in [6.07, 6.45) is 1.64. The second-order valence-electron chi connectivity index (χ2n) is 4.74. The lowest BCUT2D eigenvalue weighted by atomic mass is 10.2. The highest BCUT2D eigenvalue weighted by Crippen LogP contribution is 2.27. The van der Waals surface area contributed by atoms with E-state index in [9.17, 15) is 9.18 Å². The third-order valence-electron chi connectivity index (χ3n) is 3.04. The van der Waals surface area contributed by atoms with E-state index in [2.05, 4.69) is 20.4 Å². The highest BCUT2D eigenvalue weighted by Gasteiger charge is 2.12. The molecule has 0 aliphatic rings. The lowest BCUT2D eigenvalue weighted by molar-refractivity contribution is -0.120. The van der Waals surface area contributed by atoms with Crippen LogP contribution in [-0.4, -0.2) is 28.1 Å². The number of carbonyl (C=O) groups is 1. The minimum Gasteiger partial charge on any atom is -0.431 e. The Bertz CT molecular complexity index is 831. The number of amides is 1. The molecule has 2 heterocycles. The summed E-state index contributed by atoms with van der Waals surface area (Å²) in [5.41, 5.74) is 0.737. The van der Waals surface area contributed by atoms with Gasteiger partial charge >= 0.3 is 0 Å². The molecule has 0 saturated heterocycles. The van der Waals surface area contributed by atoms with Crippen molar-refractivity contribution in [1.29, 1.82) is 0 Å². The SMILES string of the molecule is CNC(=O)Cc1noc(CSc2ncc(-c3ccc(F)cc3)o2)n1. The number of nitrogens with zero attached hydrogens (tertiary/aromatic N) is 3. The quantitative estimate of drug-likeness (QED) is 0.684. The van der Waals surface area contributed by atoms with E-state index in [0.717, 1.165) is 5.56 Å². The number of aromatic nitrogens is 3. The van der Waals surface area contributed by atoms with E-state index in [-0.39, 0.29) is 18.1 Å². The van der Waals surface area contributed by atoms with Crippen LogP contribution in [0.3, 0.4) is 0 Å². The summed E-state index contributed by atoms with van der Waals surface area (Å²) in [7, 11) is 1.54. The fourth-order valence-electron chi connectivity index (χ4n) is 1.85. The van der Waals surface area contributed by atoms with E-state index in [1.165, 1.54) is 23.9 Å². The third-order valence-corrected chi connectivity index (χ3v) is 3.87. The first-order valence-corrected chi connectivity index (χ1v) is 7.99. The molecule has 0 bridgehead atoms. The molecule has 0 radical (unpaired) electrons. The Morgan fingerprint density at radius 3 is 2.88 bits per heavy atom. The summed E-state index contributed by atoms with van der Waals surface area (Å²) in [5, 5.41) is 6.65. The number of hydrogen-bond acceptors (Lipinski definition) is 7. The molecule has 3 aromatic rings. The van der Waals surface area contributed by atoms with Crippen molar-refractivity contribution in [3.63, 3.8) is 0 Å². The fourth-order valence-corrected chi connectivity index (χ4v) is 2.49. The zero-order valence-corrected chi connectivity index (χ0v) is 13.5. The first-order chi connectivity index (χ1) is 11.6. The van der Waals surface area contributed by atoms with Crippen molar-refractivity contribution in [3.05, 3.63) is 48.0 Å². The lowest BCUT2D eigenvalue weighted by Crippen LogP contribution is -2.20. The minimum atomic E-state index is -0.309. The maximum Gasteiger partial charge on any atom is 0.256 e. The van der Waals surface area contributed by atoms with E-state index in [1.807, 2.05) is 0 Å². The molecule has 0 aliphatic heterocycles. The smallest absolute Gasteiger partial charge is 0.256 e. The number of likely N-dealkylation sites (N-methyl/N-ethyl adjacent to an activating group) is 1. The number of halogens is 1. The van der Waals surface area contributed by atoms with Crippen LogP contribution in [0.2, 0.25) is 0 Å². The summed E-state index contributed by atoms with van der Waals surface area (Å²) >= 11 is 1.28. The normalized spacial score (nSPS) is 10.8. The molecule has 1 amide bonds. The van der Waals surface area contributed by atoms with Crippen LogP contribution in [0.4, 0.5) is 4.39 Å². The molecule has 0 fully saturated rings. The Morgan fingerprint density at radius 1 is 1.33 bits per heavy atom. The van der Waals surface area contributed by atoms with Crippen LogP contribution in [0.25, 0.3) is 11.3 Å². The Labute approximate surface area is 140 Å². The fraction of sp³-hybridized carbons (Fsp3) is 0.200. The summed E-state index contributed by atoms with van der Waals surface area (Å²) in [6.45, 7) is 0. The van der Waals surface area contributed by atoms with E-state index in [4.69, 9.17) is 8.94 Å². The number of oxazole rings is 1. The Balaban J connectivity index is 1.59. The molecule has 0 saturated carbocycles. The van der Waals surface area contributed by atoms with Crippen molar-refractivity contribution in [3.8, 4) is 11.3 Å². The summed E-state index contributed by atoms with van der Waals surface area (Å²) < 4.78 is 23.6. The van der Waals surface area contributed by atoms with Crippen LogP contribution in [0.15, 0.2) is 44.6 Å². The second kappa shape index (κ2) is 7.26. The van der Waals surface area contributed by atoms with Crippen LogP contribution < -0.4 is 5.32 Å². The number of benzene rings is 1. The lowest BCUT2D eigenvalue weighted by Gasteiger charge is -1.95. The highest BCUT2D eigenvalue weighted by atomic mass is 32.2. The van der Waals surface area contributed by atoms with Crippen molar-refractivity contribution in [1.82, 2.24) is 20.4 Å². The van der Waals surface area contributed by atoms with E-state index < -0.39 is 0 Å². The van der Waals surface area contributed by atoms with E-state index >= 15 is 0 Å². The van der Waals surface area contributed by atoms with Gasteiger partial charge in [0.25, 0.3) is 5.22 Å². The Kier molecular flexibility index (Phi) is 4.90. The average molecular weight is 348 g/mol. The number of carbonyl (C=O) groups excluding carboxylic acids is 1. The zero-order chi connectivity index (χ0) is 16.9. The number of rotatable bonds is 6. The van der Waals surface area contributed by atoms with Crippen LogP contribution in [0.5, 0.6) is 0 Å². The predicted octanol–water partition coefficient (Wildman–Crippen LogP) is 2.44. The zero-order valence-electron chi connectivity index (χ0n) is 12.7. The van der Waals surface area contributed by atoms with Crippen molar-refractivity contribution < 1.29 is 18.1 Å². The molecule has 0 spiro atoms. The van der Waals surface area contributed by atoms with Crippen molar-refractivity contribution >= 4 is 17.7 Å². The minimum absolute atomic E-state index is 0.0678. The van der Waals surface area contributed by atoms with Gasteiger partial charge in [-0.25, -0.2) is 9.37 Å². The van der Waals surface area contributed by atoms with Gasteiger partial charge in [-0.1, -0.05) is 16.9 Å². The van der Waals surface area contributed by atoms with Gasteiger partial charge in [-0.3, -0.25) is 4.79 Å². The van der Waals surface area contributed by atoms with E-state index in [1.54, 1.807) is 25.4 Å². The second-order valence-corrected chi connectivity index (χ2v) is 5.67. The molecule has 0 aliphatic carbocycles. The van der Waals surface area contributed by atoms with Crippen LogP contribution in [-0.2, 0) is 17.0 Å². The van der Waals surface area contributed by atoms with Gasteiger partial charge in [-0.2, -0.15) is 4.98 Å². The van der Waals surface area contributed by atoms with Crippen molar-refractivity contribution in [2.45, 2.75) is 17.4 Å². The molecule has 3 rings (SSSR count). The van der Waals surface area contributed by atoms with Gasteiger partial charge in [-0.05, 0) is 24.3 Å². The molecule has 24 heavy (non-hydrogen) atoms. The predicted molar refractivity (Wildman–Crippen MR) is 83.5 cm³/mol. The molecule has 1 N–H and O–H groups in total. The Morgan fingerprint density at radius 2 is 2.12 bits per heavy atom. The van der Waals surface area contributed by atoms with Gasteiger partial charge in [0, 0.05) is 12.6 Å². The number of hydrogen-bond donors (Lipinski definition) is 1. The number of thioether (sulfide) groups is 1. The van der Waals surface area contributed by atoms with Gasteiger partial charge in [0.15, 0.2) is 11.6 Å². The Hall–Kier alpha value is -2.68. The topological polar surface area (TPSA) is 94.1 Å². The summed E-state index contributed by atoms with van der Waals surface area (Å²) in [6, 6.07) is 5.95. The first kappa shape index (κ1) is 16.2. The average Bonchev–Trinajstić information content (AvgIpc) is 3.23. The van der Waals surface area contributed by atoms with Crippen LogP contribution >= 0.6 is 11.8 Å². The van der Waals surface area contributed by atoms with Gasteiger partial charge in [0.2, 0.25) is 11.8 Å². The van der Waals surface area contributed by atoms with Gasteiger partial charge < -0.3 is 14.3 Å². The molecule has 0 atom stereocenters. The molecular formula is C15H13FN4O3S. The van der Waals surface area contributed by atoms with Gasteiger partial charge in [0.05, 0.1) is 18.4 Å². The first-order valence-electron chi connectivity index (χ1n) is 7.00. The molecule has 0 unspecified atom stereocenters. The van der Waals surface area contributed by atoms with Gasteiger partial charge in [0.1, 0.15) is 5.82 Å². The maximum atomic E-state index is 12.9. The molecule has 7 nitrogen and oxygen atoms in total. The summed E-state index contributed by atoms with van der Waals surface area (Å²) in [5.74, 6) is 1.11. The monoisotopic (exact) mass is 348 g/mol. The maximum absolute atomic E-state index is 12.9.